The smallest absolute Gasteiger partial charge is 0.341 e. The highest BCUT2D eigenvalue weighted by Gasteiger charge is 2.19. The van der Waals surface area contributed by atoms with Crippen LogP contribution in [-0.4, -0.2) is 14.4 Å². The second-order valence-corrected chi connectivity index (χ2v) is 15.1. The molecule has 0 saturated heterocycles. The van der Waals surface area contributed by atoms with Gasteiger partial charge in [-0.05, 0) is 18.6 Å². The maximum absolute atomic E-state index is 12.1. The summed E-state index contributed by atoms with van der Waals surface area (Å²) in [7, 11) is -3.99. The summed E-state index contributed by atoms with van der Waals surface area (Å²) in [6.45, 7) is 2.30. The van der Waals surface area contributed by atoms with Gasteiger partial charge in [0.2, 0.25) is 0 Å². The molecule has 0 unspecified atom stereocenters. The van der Waals surface area contributed by atoms with Crippen LogP contribution >= 0.6 is 0 Å². The van der Waals surface area contributed by atoms with Gasteiger partial charge in [-0.1, -0.05) is 218 Å². The van der Waals surface area contributed by atoms with Crippen molar-refractivity contribution in [3.8, 4) is 0 Å². The molecule has 0 atom stereocenters. The van der Waals surface area contributed by atoms with Crippen LogP contribution in [0.4, 0.5) is 0 Å². The summed E-state index contributed by atoms with van der Waals surface area (Å²) in [5.74, 6) is -0.658. The van der Waals surface area contributed by atoms with Gasteiger partial charge >= 0.3 is 16.1 Å². The average molecular weight is 649 g/mol. The number of benzene rings is 1. The van der Waals surface area contributed by atoms with Crippen molar-refractivity contribution in [2.75, 3.05) is 0 Å². The van der Waals surface area contributed by atoms with Crippen LogP contribution in [0.1, 0.15) is 212 Å². The predicted octanol–water partition coefficient (Wildman–Crippen LogP) is 13.4. The number of hydrogen-bond donors (Lipinski definition) is 0. The second kappa shape index (κ2) is 31.3. The van der Waals surface area contributed by atoms with Crippen molar-refractivity contribution in [2.24, 2.45) is 0 Å². The van der Waals surface area contributed by atoms with Gasteiger partial charge in [-0.2, -0.15) is 8.42 Å². The summed E-state index contributed by atoms with van der Waals surface area (Å²) in [4.78, 5) is 11.9. The Hall–Kier alpha value is -1.36. The third-order valence-corrected chi connectivity index (χ3v) is 10.5. The van der Waals surface area contributed by atoms with E-state index >= 15 is 0 Å². The molecule has 0 amide bonds. The van der Waals surface area contributed by atoms with Crippen LogP contribution in [0.2, 0.25) is 0 Å². The number of rotatable bonds is 34. The van der Waals surface area contributed by atoms with Gasteiger partial charge in [0, 0.05) is 6.42 Å². The van der Waals surface area contributed by atoms with E-state index in [0.29, 0.717) is 6.42 Å². The Morgan fingerprint density at radius 1 is 0.444 bits per heavy atom. The molecular formula is C40H72O4S. The van der Waals surface area contributed by atoms with Crippen LogP contribution in [0.25, 0.3) is 0 Å². The van der Waals surface area contributed by atoms with Crippen molar-refractivity contribution in [3.05, 3.63) is 30.3 Å². The first-order valence-electron chi connectivity index (χ1n) is 19.6. The van der Waals surface area contributed by atoms with E-state index in [-0.39, 0.29) is 11.3 Å². The molecule has 0 saturated carbocycles. The van der Waals surface area contributed by atoms with Gasteiger partial charge in [0.15, 0.2) is 0 Å². The first-order valence-corrected chi connectivity index (χ1v) is 21.0. The van der Waals surface area contributed by atoms with Crippen molar-refractivity contribution in [1.82, 2.24) is 0 Å². The van der Waals surface area contributed by atoms with Crippen LogP contribution in [0, 0.1) is 0 Å². The quantitative estimate of drug-likeness (QED) is 0.0551. The largest absolute Gasteiger partial charge is 0.342 e. The molecule has 5 heteroatoms. The van der Waals surface area contributed by atoms with Crippen LogP contribution in [-0.2, 0) is 19.1 Å². The molecular weight excluding hydrogens is 577 g/mol. The SMILES string of the molecule is CCCCCCCCCCCCCCCCCCCCCCCCCCCCCCCCCC(=O)OS(=O)(=O)c1ccccc1. The predicted molar refractivity (Wildman–Crippen MR) is 193 cm³/mol. The fraction of sp³-hybridized carbons (Fsp3) is 0.825. The highest BCUT2D eigenvalue weighted by Crippen LogP contribution is 2.17. The molecule has 45 heavy (non-hydrogen) atoms. The molecule has 0 heterocycles. The number of carbonyl (C=O) groups is 1. The van der Waals surface area contributed by atoms with E-state index in [2.05, 4.69) is 6.92 Å². The Morgan fingerprint density at radius 2 is 0.711 bits per heavy atom. The Balaban J connectivity index is 1.70. The molecule has 4 nitrogen and oxygen atoms in total. The maximum atomic E-state index is 12.1. The monoisotopic (exact) mass is 649 g/mol. The molecule has 1 aromatic carbocycles. The van der Waals surface area contributed by atoms with Gasteiger partial charge in [-0.3, -0.25) is 4.79 Å². The minimum absolute atomic E-state index is 0.0224. The molecule has 0 radical (unpaired) electrons. The minimum Gasteiger partial charge on any atom is -0.342 e. The Labute approximate surface area is 280 Å². The van der Waals surface area contributed by atoms with Gasteiger partial charge in [0.05, 0.1) is 0 Å². The lowest BCUT2D eigenvalue weighted by molar-refractivity contribution is -0.133. The molecule has 0 N–H and O–H groups in total. The Bertz CT molecular complexity index is 868. The zero-order chi connectivity index (χ0) is 32.5. The molecule has 1 aromatic rings. The van der Waals surface area contributed by atoms with Crippen LogP contribution in [0.5, 0.6) is 0 Å². The zero-order valence-corrected chi connectivity index (χ0v) is 30.4. The van der Waals surface area contributed by atoms with E-state index in [0.717, 1.165) is 12.8 Å². The first kappa shape index (κ1) is 41.7. The minimum atomic E-state index is -3.99. The van der Waals surface area contributed by atoms with Gasteiger partial charge in [0.1, 0.15) is 4.90 Å². The lowest BCUT2D eigenvalue weighted by atomic mass is 10.0. The van der Waals surface area contributed by atoms with E-state index in [1.165, 1.54) is 192 Å². The molecule has 0 aromatic heterocycles. The molecule has 262 valence electrons. The van der Waals surface area contributed by atoms with Crippen molar-refractivity contribution in [1.29, 1.82) is 0 Å². The van der Waals surface area contributed by atoms with E-state index in [4.69, 9.17) is 4.18 Å². The van der Waals surface area contributed by atoms with Crippen LogP contribution < -0.4 is 0 Å². The van der Waals surface area contributed by atoms with Gasteiger partial charge in [-0.25, -0.2) is 0 Å². The number of carbonyl (C=O) groups excluding carboxylic acids is 1. The van der Waals surface area contributed by atoms with Crippen molar-refractivity contribution in [3.63, 3.8) is 0 Å². The summed E-state index contributed by atoms with van der Waals surface area (Å²) < 4.78 is 28.9. The topological polar surface area (TPSA) is 60.4 Å². The van der Waals surface area contributed by atoms with Crippen LogP contribution in [0.3, 0.4) is 0 Å². The summed E-state index contributed by atoms with van der Waals surface area (Å²) in [5, 5.41) is 0. The lowest BCUT2D eigenvalue weighted by Gasteiger charge is -2.06. The number of unbranched alkanes of at least 4 members (excludes halogenated alkanes) is 30. The van der Waals surface area contributed by atoms with E-state index < -0.39 is 16.1 Å². The average Bonchev–Trinajstić information content (AvgIpc) is 3.04. The highest BCUT2D eigenvalue weighted by molar-refractivity contribution is 7.87. The van der Waals surface area contributed by atoms with Gasteiger partial charge in [-0.15, -0.1) is 0 Å². The fourth-order valence-corrected chi connectivity index (χ4v) is 7.18. The molecule has 0 spiro atoms. The second-order valence-electron chi connectivity index (χ2n) is 13.6. The molecule has 1 rings (SSSR count). The third-order valence-electron chi connectivity index (χ3n) is 9.22. The Morgan fingerprint density at radius 3 is 1.00 bits per heavy atom. The van der Waals surface area contributed by atoms with Crippen LogP contribution in [0.15, 0.2) is 35.2 Å². The summed E-state index contributed by atoms with van der Waals surface area (Å²) in [6.07, 6.45) is 42.5. The molecule has 0 aliphatic heterocycles. The molecule has 0 bridgehead atoms. The highest BCUT2D eigenvalue weighted by atomic mass is 32.2. The standard InChI is InChI=1S/C40H72O4S/c1-2-3-4-5-6-7-8-9-10-11-12-13-14-15-16-17-18-19-20-21-22-23-24-25-26-27-28-29-30-31-35-38-40(41)44-45(42,43)39-36-33-32-34-37-39/h32-34,36-37H,2-31,35,38H2,1H3. The Kier molecular flexibility index (Phi) is 28.9. The van der Waals surface area contributed by atoms with Gasteiger partial charge < -0.3 is 4.18 Å². The molecule has 0 fully saturated rings. The summed E-state index contributed by atoms with van der Waals surface area (Å²) in [6, 6.07) is 7.83. The van der Waals surface area contributed by atoms with Crippen molar-refractivity contribution in [2.45, 2.75) is 217 Å². The molecule has 0 aliphatic rings. The lowest BCUT2D eigenvalue weighted by Crippen LogP contribution is -2.13. The molecule has 0 aliphatic carbocycles. The third kappa shape index (κ3) is 27.5. The fourth-order valence-electron chi connectivity index (χ4n) is 6.27. The number of hydrogen-bond acceptors (Lipinski definition) is 4. The van der Waals surface area contributed by atoms with E-state index in [1.807, 2.05) is 0 Å². The normalized spacial score (nSPS) is 11.7. The maximum Gasteiger partial charge on any atom is 0.341 e. The van der Waals surface area contributed by atoms with Gasteiger partial charge in [0.25, 0.3) is 0 Å². The summed E-state index contributed by atoms with van der Waals surface area (Å²) in [5.41, 5.74) is 0. The zero-order valence-electron chi connectivity index (χ0n) is 29.6. The van der Waals surface area contributed by atoms with Crippen molar-refractivity contribution >= 4 is 16.1 Å². The van der Waals surface area contributed by atoms with Crippen molar-refractivity contribution < 1.29 is 17.4 Å². The summed E-state index contributed by atoms with van der Waals surface area (Å²) >= 11 is 0. The van der Waals surface area contributed by atoms with E-state index in [9.17, 15) is 13.2 Å². The van der Waals surface area contributed by atoms with E-state index in [1.54, 1.807) is 18.2 Å². The first-order chi connectivity index (χ1) is 22.1.